The molecule has 0 aliphatic heterocycles. The maximum absolute atomic E-state index is 10.2. The number of hydrogen-bond acceptors (Lipinski definition) is 2. The van der Waals surface area contributed by atoms with Gasteiger partial charge in [-0.2, -0.15) is 0 Å². The molecule has 0 aromatic carbocycles. The number of aliphatic hydroxyl groups excluding tert-OH is 2. The van der Waals surface area contributed by atoms with Crippen LogP contribution in [0.2, 0.25) is 0 Å². The Balaban J connectivity index is 2.80. The molecule has 2 nitrogen and oxygen atoms in total. The van der Waals surface area contributed by atoms with Gasteiger partial charge in [-0.05, 0) is 18.3 Å². The minimum atomic E-state index is -0.419. The zero-order valence-corrected chi connectivity index (χ0v) is 9.17. The first-order valence-corrected chi connectivity index (χ1v) is 5.14. The molecule has 0 aromatic heterocycles. The molecule has 1 aliphatic rings. The summed E-state index contributed by atoms with van der Waals surface area (Å²) in [6, 6.07) is 0. The molecule has 2 heteroatoms. The van der Waals surface area contributed by atoms with Crippen molar-refractivity contribution >= 4 is 0 Å². The average molecular weight is 186 g/mol. The Labute approximate surface area is 81.0 Å². The lowest BCUT2D eigenvalue weighted by Crippen LogP contribution is -2.46. The van der Waals surface area contributed by atoms with Crippen LogP contribution in [0.4, 0.5) is 0 Å². The Morgan fingerprint density at radius 1 is 1.38 bits per heavy atom. The highest BCUT2D eigenvalue weighted by atomic mass is 16.3. The van der Waals surface area contributed by atoms with Gasteiger partial charge in [-0.3, -0.25) is 0 Å². The van der Waals surface area contributed by atoms with Crippen LogP contribution in [0.3, 0.4) is 0 Å². The first-order chi connectivity index (χ1) is 5.78. The molecular formula is C11H22O2. The van der Waals surface area contributed by atoms with Crippen molar-refractivity contribution in [2.24, 2.45) is 10.8 Å². The summed E-state index contributed by atoms with van der Waals surface area (Å²) in [6.07, 6.45) is 2.06. The fraction of sp³-hybridized carbons (Fsp3) is 1.00. The van der Waals surface area contributed by atoms with Gasteiger partial charge in [0.25, 0.3) is 0 Å². The summed E-state index contributed by atoms with van der Waals surface area (Å²) >= 11 is 0. The minimum Gasteiger partial charge on any atom is -0.392 e. The standard InChI is InChI=1S/C11H22O2/c1-10(2,3)9(13)11(4)7-5-6-8(11)12/h8-9,12-13H,5-7H2,1-4H3. The summed E-state index contributed by atoms with van der Waals surface area (Å²) in [5, 5.41) is 20.0. The summed E-state index contributed by atoms with van der Waals surface area (Å²) in [4.78, 5) is 0. The molecule has 1 aliphatic carbocycles. The van der Waals surface area contributed by atoms with Gasteiger partial charge in [0.15, 0.2) is 0 Å². The Hall–Kier alpha value is -0.0800. The average Bonchev–Trinajstić information content (AvgIpc) is 2.30. The second-order valence-electron chi connectivity index (χ2n) is 5.68. The second-order valence-corrected chi connectivity index (χ2v) is 5.68. The Morgan fingerprint density at radius 3 is 2.23 bits per heavy atom. The topological polar surface area (TPSA) is 40.5 Å². The van der Waals surface area contributed by atoms with Gasteiger partial charge in [0, 0.05) is 5.41 Å². The molecular weight excluding hydrogens is 164 g/mol. The van der Waals surface area contributed by atoms with Crippen molar-refractivity contribution in [3.63, 3.8) is 0 Å². The molecule has 2 N–H and O–H groups in total. The quantitative estimate of drug-likeness (QED) is 0.657. The van der Waals surface area contributed by atoms with Crippen molar-refractivity contribution in [3.8, 4) is 0 Å². The Morgan fingerprint density at radius 2 is 1.92 bits per heavy atom. The maximum Gasteiger partial charge on any atom is 0.0666 e. The van der Waals surface area contributed by atoms with Gasteiger partial charge in [0.05, 0.1) is 12.2 Å². The van der Waals surface area contributed by atoms with Crippen LogP contribution in [0.1, 0.15) is 47.0 Å². The molecule has 1 fully saturated rings. The van der Waals surface area contributed by atoms with Crippen LogP contribution in [-0.4, -0.2) is 22.4 Å². The van der Waals surface area contributed by atoms with E-state index >= 15 is 0 Å². The predicted molar refractivity (Wildman–Crippen MR) is 53.4 cm³/mol. The van der Waals surface area contributed by atoms with Gasteiger partial charge in [0.1, 0.15) is 0 Å². The third-order valence-corrected chi connectivity index (χ3v) is 3.40. The van der Waals surface area contributed by atoms with Gasteiger partial charge < -0.3 is 10.2 Å². The second kappa shape index (κ2) is 3.25. The van der Waals surface area contributed by atoms with E-state index in [2.05, 4.69) is 0 Å². The van der Waals surface area contributed by atoms with Gasteiger partial charge in [0.2, 0.25) is 0 Å². The molecule has 0 aromatic rings. The molecule has 0 saturated heterocycles. The zero-order valence-electron chi connectivity index (χ0n) is 9.17. The lowest BCUT2D eigenvalue weighted by molar-refractivity contribution is -0.0898. The van der Waals surface area contributed by atoms with Gasteiger partial charge in [-0.1, -0.05) is 34.1 Å². The third kappa shape index (κ3) is 1.89. The Kier molecular flexibility index (Phi) is 2.75. The zero-order chi connectivity index (χ0) is 10.3. The van der Waals surface area contributed by atoms with Crippen molar-refractivity contribution in [2.75, 3.05) is 0 Å². The SMILES string of the molecule is CC(C)(C)C(O)C1(C)CCCC1O. The van der Waals surface area contributed by atoms with E-state index < -0.39 is 6.10 Å². The lowest BCUT2D eigenvalue weighted by atomic mass is 9.70. The lowest BCUT2D eigenvalue weighted by Gasteiger charge is -2.41. The molecule has 13 heavy (non-hydrogen) atoms. The van der Waals surface area contributed by atoms with Crippen molar-refractivity contribution in [1.29, 1.82) is 0 Å². The van der Waals surface area contributed by atoms with Crippen molar-refractivity contribution in [3.05, 3.63) is 0 Å². The number of aliphatic hydroxyl groups is 2. The maximum atomic E-state index is 10.2. The smallest absolute Gasteiger partial charge is 0.0666 e. The fourth-order valence-electron chi connectivity index (χ4n) is 2.48. The van der Waals surface area contributed by atoms with E-state index in [1.165, 1.54) is 0 Å². The van der Waals surface area contributed by atoms with Crippen LogP contribution in [0.5, 0.6) is 0 Å². The summed E-state index contributed by atoms with van der Waals surface area (Å²) in [5.74, 6) is 0. The molecule has 78 valence electrons. The van der Waals surface area contributed by atoms with Crippen LogP contribution in [0.25, 0.3) is 0 Å². The highest BCUT2D eigenvalue weighted by Gasteiger charge is 2.47. The summed E-state index contributed by atoms with van der Waals surface area (Å²) < 4.78 is 0. The Bertz CT molecular complexity index is 183. The minimum absolute atomic E-state index is 0.139. The van der Waals surface area contributed by atoms with E-state index in [4.69, 9.17) is 0 Å². The van der Waals surface area contributed by atoms with E-state index in [0.29, 0.717) is 0 Å². The molecule has 0 heterocycles. The normalized spacial score (nSPS) is 37.8. The highest BCUT2D eigenvalue weighted by Crippen LogP contribution is 2.46. The van der Waals surface area contributed by atoms with Crippen LogP contribution in [-0.2, 0) is 0 Å². The largest absolute Gasteiger partial charge is 0.392 e. The van der Waals surface area contributed by atoms with Crippen molar-refractivity contribution in [1.82, 2.24) is 0 Å². The van der Waals surface area contributed by atoms with Crippen LogP contribution in [0, 0.1) is 10.8 Å². The molecule has 0 amide bonds. The van der Waals surface area contributed by atoms with E-state index in [0.717, 1.165) is 19.3 Å². The van der Waals surface area contributed by atoms with Crippen LogP contribution < -0.4 is 0 Å². The van der Waals surface area contributed by atoms with Gasteiger partial charge >= 0.3 is 0 Å². The van der Waals surface area contributed by atoms with E-state index in [9.17, 15) is 10.2 Å². The van der Waals surface area contributed by atoms with Crippen molar-refractivity contribution < 1.29 is 10.2 Å². The third-order valence-electron chi connectivity index (χ3n) is 3.40. The van der Waals surface area contributed by atoms with Gasteiger partial charge in [-0.25, -0.2) is 0 Å². The molecule has 0 spiro atoms. The highest BCUT2D eigenvalue weighted by molar-refractivity contribution is 4.97. The first-order valence-electron chi connectivity index (χ1n) is 5.14. The molecule has 0 bridgehead atoms. The summed E-state index contributed by atoms with van der Waals surface area (Å²) in [6.45, 7) is 8.07. The van der Waals surface area contributed by atoms with Crippen LogP contribution >= 0.6 is 0 Å². The molecule has 1 saturated carbocycles. The summed E-state index contributed by atoms with van der Waals surface area (Å²) in [5.41, 5.74) is -0.432. The van der Waals surface area contributed by atoms with Crippen LogP contribution in [0.15, 0.2) is 0 Å². The molecule has 3 unspecified atom stereocenters. The van der Waals surface area contributed by atoms with E-state index in [1.54, 1.807) is 0 Å². The number of rotatable bonds is 1. The van der Waals surface area contributed by atoms with E-state index in [1.807, 2.05) is 27.7 Å². The van der Waals surface area contributed by atoms with Gasteiger partial charge in [-0.15, -0.1) is 0 Å². The van der Waals surface area contributed by atoms with E-state index in [-0.39, 0.29) is 16.9 Å². The molecule has 1 rings (SSSR count). The monoisotopic (exact) mass is 186 g/mol. The van der Waals surface area contributed by atoms with Crippen molar-refractivity contribution in [2.45, 2.75) is 59.2 Å². The molecule has 3 atom stereocenters. The fourth-order valence-corrected chi connectivity index (χ4v) is 2.48. The first kappa shape index (κ1) is 11.0. The predicted octanol–water partition coefficient (Wildman–Crippen LogP) is 1.94. The molecule has 0 radical (unpaired) electrons. The summed E-state index contributed by atoms with van der Waals surface area (Å²) in [7, 11) is 0. The number of hydrogen-bond donors (Lipinski definition) is 2.